The Morgan fingerprint density at radius 3 is 2.68 bits per heavy atom. The van der Waals surface area contributed by atoms with Gasteiger partial charge in [0, 0.05) is 6.54 Å². The Kier molecular flexibility index (Phi) is 3.39. The van der Waals surface area contributed by atoms with Crippen LogP contribution < -0.4 is 5.32 Å². The van der Waals surface area contributed by atoms with Gasteiger partial charge in [0.1, 0.15) is 0 Å². The molecule has 0 atom stereocenters. The van der Waals surface area contributed by atoms with E-state index in [0.29, 0.717) is 0 Å². The van der Waals surface area contributed by atoms with E-state index >= 15 is 0 Å². The van der Waals surface area contributed by atoms with Crippen molar-refractivity contribution in [3.05, 3.63) is 58.7 Å². The van der Waals surface area contributed by atoms with Crippen LogP contribution in [0, 0.1) is 6.92 Å². The molecule has 0 amide bonds. The second-order valence-electron chi connectivity index (χ2n) is 5.53. The van der Waals surface area contributed by atoms with Gasteiger partial charge >= 0.3 is 0 Å². The van der Waals surface area contributed by atoms with Crippen molar-refractivity contribution in [2.45, 2.75) is 32.7 Å². The average Bonchev–Trinajstić information content (AvgIpc) is 2.88. The van der Waals surface area contributed by atoms with Crippen LogP contribution in [0.1, 0.15) is 28.7 Å². The van der Waals surface area contributed by atoms with Gasteiger partial charge in [-0.25, -0.2) is 0 Å². The minimum Gasteiger partial charge on any atom is -0.316 e. The molecule has 0 radical (unpaired) electrons. The van der Waals surface area contributed by atoms with E-state index in [2.05, 4.69) is 48.6 Å². The molecule has 0 aliphatic heterocycles. The molecule has 3 rings (SSSR count). The number of fused-ring (bicyclic) bond motifs is 1. The van der Waals surface area contributed by atoms with E-state index in [9.17, 15) is 0 Å². The summed E-state index contributed by atoms with van der Waals surface area (Å²) in [6.07, 6.45) is 3.82. The van der Waals surface area contributed by atoms with Gasteiger partial charge in [-0.1, -0.05) is 42.0 Å². The van der Waals surface area contributed by atoms with Gasteiger partial charge in [-0.3, -0.25) is 0 Å². The van der Waals surface area contributed by atoms with E-state index in [1.54, 1.807) is 11.1 Å². The Hall–Kier alpha value is -1.60. The van der Waals surface area contributed by atoms with Crippen molar-refractivity contribution in [1.82, 2.24) is 5.32 Å². The quantitative estimate of drug-likeness (QED) is 0.873. The summed E-state index contributed by atoms with van der Waals surface area (Å²) in [7, 11) is 2.01. The summed E-state index contributed by atoms with van der Waals surface area (Å²) in [6.45, 7) is 3.09. The molecule has 1 N–H and O–H groups in total. The molecule has 0 saturated heterocycles. The second-order valence-corrected chi connectivity index (χ2v) is 5.53. The fourth-order valence-corrected chi connectivity index (χ4v) is 3.04. The van der Waals surface area contributed by atoms with Crippen LogP contribution in [0.15, 0.2) is 36.4 Å². The highest BCUT2D eigenvalue weighted by Crippen LogP contribution is 2.30. The molecule has 2 aromatic rings. The fraction of sp³-hybridized carbons (Fsp3) is 0.333. The highest BCUT2D eigenvalue weighted by atomic mass is 14.8. The zero-order valence-corrected chi connectivity index (χ0v) is 11.8. The molecule has 0 heterocycles. The zero-order chi connectivity index (χ0) is 13.2. The first kappa shape index (κ1) is 12.4. The number of rotatable bonds is 3. The maximum absolute atomic E-state index is 3.27. The molecule has 19 heavy (non-hydrogen) atoms. The van der Waals surface area contributed by atoms with Crippen molar-refractivity contribution in [2.75, 3.05) is 7.05 Å². The van der Waals surface area contributed by atoms with E-state index in [1.807, 2.05) is 7.05 Å². The summed E-state index contributed by atoms with van der Waals surface area (Å²) >= 11 is 0. The molecule has 1 heteroatoms. The van der Waals surface area contributed by atoms with Crippen molar-refractivity contribution in [3.8, 4) is 11.1 Å². The van der Waals surface area contributed by atoms with Crippen LogP contribution in [0.25, 0.3) is 11.1 Å². The van der Waals surface area contributed by atoms with Crippen molar-refractivity contribution in [1.29, 1.82) is 0 Å². The molecule has 2 aromatic carbocycles. The molecule has 98 valence electrons. The molecule has 0 saturated carbocycles. The van der Waals surface area contributed by atoms with E-state index in [4.69, 9.17) is 0 Å². The minimum absolute atomic E-state index is 0.923. The van der Waals surface area contributed by atoms with Crippen molar-refractivity contribution in [3.63, 3.8) is 0 Å². The summed E-state index contributed by atoms with van der Waals surface area (Å²) in [5, 5.41) is 3.27. The van der Waals surface area contributed by atoms with E-state index in [1.165, 1.54) is 41.5 Å². The third-order valence-corrected chi connectivity index (χ3v) is 4.04. The maximum Gasteiger partial charge on any atom is 0.0208 e. The Labute approximate surface area is 115 Å². The number of aryl methyl sites for hydroxylation is 3. The third kappa shape index (κ3) is 2.43. The average molecular weight is 251 g/mol. The predicted octanol–water partition coefficient (Wildman–Crippen LogP) is 3.87. The summed E-state index contributed by atoms with van der Waals surface area (Å²) in [5.74, 6) is 0. The number of benzene rings is 2. The molecule has 0 unspecified atom stereocenters. The van der Waals surface area contributed by atoms with E-state index in [-0.39, 0.29) is 0 Å². The van der Waals surface area contributed by atoms with E-state index < -0.39 is 0 Å². The number of hydrogen-bond acceptors (Lipinski definition) is 1. The third-order valence-electron chi connectivity index (χ3n) is 4.04. The van der Waals surface area contributed by atoms with Gasteiger partial charge in [0.15, 0.2) is 0 Å². The number of hydrogen-bond donors (Lipinski definition) is 1. The fourth-order valence-electron chi connectivity index (χ4n) is 3.04. The SMILES string of the molecule is CNCc1ccc(C)cc1-c1ccc2c(c1)CCC2. The Morgan fingerprint density at radius 2 is 1.84 bits per heavy atom. The van der Waals surface area contributed by atoms with Gasteiger partial charge in [-0.2, -0.15) is 0 Å². The van der Waals surface area contributed by atoms with Gasteiger partial charge in [0.2, 0.25) is 0 Å². The lowest BCUT2D eigenvalue weighted by Crippen LogP contribution is -2.06. The molecule has 0 bridgehead atoms. The topological polar surface area (TPSA) is 12.0 Å². The standard InChI is InChI=1S/C18H21N/c1-13-6-7-17(12-19-2)18(10-13)16-9-8-14-4-3-5-15(14)11-16/h6-11,19H,3-5,12H2,1-2H3. The minimum atomic E-state index is 0.923. The van der Waals surface area contributed by atoms with Gasteiger partial charge in [0.05, 0.1) is 0 Å². The molecular formula is C18H21N. The normalized spacial score (nSPS) is 13.6. The highest BCUT2D eigenvalue weighted by molar-refractivity contribution is 5.69. The molecule has 0 fully saturated rings. The summed E-state index contributed by atoms with van der Waals surface area (Å²) in [6, 6.07) is 13.8. The smallest absolute Gasteiger partial charge is 0.0208 e. The monoisotopic (exact) mass is 251 g/mol. The van der Waals surface area contributed by atoms with Crippen LogP contribution in [0.5, 0.6) is 0 Å². The van der Waals surface area contributed by atoms with Gasteiger partial charge in [0.25, 0.3) is 0 Å². The molecular weight excluding hydrogens is 230 g/mol. The summed E-state index contributed by atoms with van der Waals surface area (Å²) in [5.41, 5.74) is 8.56. The van der Waals surface area contributed by atoms with Crippen LogP contribution in [0.4, 0.5) is 0 Å². The first-order valence-electron chi connectivity index (χ1n) is 7.14. The Balaban J connectivity index is 2.07. The molecule has 0 spiro atoms. The predicted molar refractivity (Wildman–Crippen MR) is 81.4 cm³/mol. The molecule has 0 aromatic heterocycles. The van der Waals surface area contributed by atoms with Crippen LogP contribution in [-0.4, -0.2) is 7.05 Å². The zero-order valence-electron chi connectivity index (χ0n) is 11.8. The molecule has 1 aliphatic rings. The van der Waals surface area contributed by atoms with E-state index in [0.717, 1.165) is 6.54 Å². The largest absolute Gasteiger partial charge is 0.316 e. The summed E-state index contributed by atoms with van der Waals surface area (Å²) in [4.78, 5) is 0. The van der Waals surface area contributed by atoms with Crippen molar-refractivity contribution in [2.24, 2.45) is 0 Å². The lowest BCUT2D eigenvalue weighted by molar-refractivity contribution is 0.819. The van der Waals surface area contributed by atoms with Crippen LogP contribution in [0.2, 0.25) is 0 Å². The Bertz CT molecular complexity index is 599. The lowest BCUT2D eigenvalue weighted by atomic mass is 9.95. The van der Waals surface area contributed by atoms with Gasteiger partial charge < -0.3 is 5.32 Å². The first-order chi connectivity index (χ1) is 9.28. The Morgan fingerprint density at radius 1 is 1.00 bits per heavy atom. The van der Waals surface area contributed by atoms with Crippen molar-refractivity contribution < 1.29 is 0 Å². The highest BCUT2D eigenvalue weighted by Gasteiger charge is 2.12. The molecule has 1 aliphatic carbocycles. The van der Waals surface area contributed by atoms with Crippen LogP contribution in [0.3, 0.4) is 0 Å². The van der Waals surface area contributed by atoms with Crippen molar-refractivity contribution >= 4 is 0 Å². The van der Waals surface area contributed by atoms with Crippen LogP contribution >= 0.6 is 0 Å². The lowest BCUT2D eigenvalue weighted by Gasteiger charge is -2.12. The molecule has 1 nitrogen and oxygen atoms in total. The second kappa shape index (κ2) is 5.18. The van der Waals surface area contributed by atoms with Gasteiger partial charge in [-0.05, 0) is 61.1 Å². The number of nitrogens with one attached hydrogen (secondary N) is 1. The summed E-state index contributed by atoms with van der Waals surface area (Å²) < 4.78 is 0. The van der Waals surface area contributed by atoms with Gasteiger partial charge in [-0.15, -0.1) is 0 Å². The maximum atomic E-state index is 3.27. The first-order valence-corrected chi connectivity index (χ1v) is 7.14. The van der Waals surface area contributed by atoms with Crippen LogP contribution in [-0.2, 0) is 19.4 Å².